The highest BCUT2D eigenvalue weighted by molar-refractivity contribution is 5.78. The van der Waals surface area contributed by atoms with Crippen LogP contribution in [0.4, 0.5) is 0 Å². The molecule has 3 saturated carbocycles. The highest BCUT2D eigenvalue weighted by atomic mass is 16.1. The van der Waals surface area contributed by atoms with Crippen molar-refractivity contribution in [1.29, 1.82) is 0 Å². The van der Waals surface area contributed by atoms with E-state index < -0.39 is 0 Å². The Bertz CT molecular complexity index is 196. The van der Waals surface area contributed by atoms with Crippen molar-refractivity contribution >= 4 is 5.91 Å². The average molecular weight is 181 g/mol. The van der Waals surface area contributed by atoms with E-state index in [1.165, 1.54) is 25.7 Å². The third-order valence-corrected chi connectivity index (χ3v) is 3.44. The Kier molecular flexibility index (Phi) is 2.31. The second-order valence-electron chi connectivity index (χ2n) is 5.04. The highest BCUT2D eigenvalue weighted by Gasteiger charge is 2.38. The van der Waals surface area contributed by atoms with E-state index in [9.17, 15) is 4.79 Å². The first-order valence-electron chi connectivity index (χ1n) is 5.45. The van der Waals surface area contributed by atoms with Crippen molar-refractivity contribution in [2.24, 2.45) is 17.8 Å². The van der Waals surface area contributed by atoms with Crippen LogP contribution in [0, 0.1) is 17.8 Å². The first kappa shape index (κ1) is 9.04. The fraction of sp³-hybridized carbons (Fsp3) is 0.909. The third kappa shape index (κ3) is 1.87. The van der Waals surface area contributed by atoms with Crippen LogP contribution < -0.4 is 5.32 Å². The molecule has 0 spiro atoms. The van der Waals surface area contributed by atoms with Gasteiger partial charge in [-0.25, -0.2) is 0 Å². The summed E-state index contributed by atoms with van der Waals surface area (Å²) < 4.78 is 0. The number of carbonyl (C=O) groups excluding carboxylic acids is 1. The number of hydrogen-bond acceptors (Lipinski definition) is 1. The molecule has 2 bridgehead atoms. The fourth-order valence-electron chi connectivity index (χ4n) is 2.65. The lowest BCUT2D eigenvalue weighted by Crippen LogP contribution is -2.47. The predicted octanol–water partition coefficient (Wildman–Crippen LogP) is 1.95. The molecule has 0 aromatic rings. The van der Waals surface area contributed by atoms with Crippen molar-refractivity contribution in [3.63, 3.8) is 0 Å². The second kappa shape index (κ2) is 3.32. The summed E-state index contributed by atoms with van der Waals surface area (Å²) in [7, 11) is 0. The lowest BCUT2D eigenvalue weighted by molar-refractivity contribution is -0.125. The van der Waals surface area contributed by atoms with E-state index >= 15 is 0 Å². The lowest BCUT2D eigenvalue weighted by atomic mass is 9.63. The molecule has 0 aromatic heterocycles. The van der Waals surface area contributed by atoms with Gasteiger partial charge in [-0.1, -0.05) is 13.8 Å². The zero-order valence-electron chi connectivity index (χ0n) is 8.55. The number of nitrogens with one attached hydrogen (secondary N) is 1. The lowest BCUT2D eigenvalue weighted by Gasteiger charge is -2.45. The number of carbonyl (C=O) groups is 1. The van der Waals surface area contributed by atoms with Crippen LogP contribution in [0.5, 0.6) is 0 Å². The van der Waals surface area contributed by atoms with Gasteiger partial charge in [0.25, 0.3) is 0 Å². The van der Waals surface area contributed by atoms with Crippen LogP contribution in [0.1, 0.15) is 39.5 Å². The molecule has 3 rings (SSSR count). The Morgan fingerprint density at radius 1 is 1.15 bits per heavy atom. The van der Waals surface area contributed by atoms with Gasteiger partial charge < -0.3 is 5.32 Å². The summed E-state index contributed by atoms with van der Waals surface area (Å²) in [6.07, 6.45) is 5.31. The van der Waals surface area contributed by atoms with Gasteiger partial charge in [0.2, 0.25) is 5.91 Å². The van der Waals surface area contributed by atoms with Crippen molar-refractivity contribution in [3.8, 4) is 0 Å². The molecule has 1 amide bonds. The fourth-order valence-corrected chi connectivity index (χ4v) is 2.65. The molecule has 0 unspecified atom stereocenters. The number of hydrogen-bond donors (Lipinski definition) is 1. The van der Waals surface area contributed by atoms with Gasteiger partial charge in [0.15, 0.2) is 0 Å². The molecule has 0 radical (unpaired) electrons. The van der Waals surface area contributed by atoms with E-state index in [0.29, 0.717) is 6.04 Å². The van der Waals surface area contributed by atoms with Crippen LogP contribution in [0.15, 0.2) is 0 Å². The van der Waals surface area contributed by atoms with Crippen LogP contribution in [0.3, 0.4) is 0 Å². The number of fused-ring (bicyclic) bond motifs is 2. The van der Waals surface area contributed by atoms with E-state index in [0.717, 1.165) is 11.8 Å². The van der Waals surface area contributed by atoms with Crippen LogP contribution in [0.25, 0.3) is 0 Å². The number of amides is 1. The molecule has 0 saturated heterocycles. The molecule has 3 aliphatic rings. The third-order valence-electron chi connectivity index (χ3n) is 3.44. The van der Waals surface area contributed by atoms with Crippen molar-refractivity contribution in [2.75, 3.05) is 0 Å². The van der Waals surface area contributed by atoms with E-state index in [1.54, 1.807) is 0 Å². The van der Waals surface area contributed by atoms with Gasteiger partial charge in [-0.2, -0.15) is 0 Å². The molecule has 13 heavy (non-hydrogen) atoms. The SMILES string of the molecule is CC(C)C(=O)NC1CC2CC(C2)C1. The maximum absolute atomic E-state index is 11.4. The largest absolute Gasteiger partial charge is 0.353 e. The molecule has 74 valence electrons. The monoisotopic (exact) mass is 181 g/mol. The minimum Gasteiger partial charge on any atom is -0.353 e. The molecule has 0 atom stereocenters. The van der Waals surface area contributed by atoms with E-state index in [1.807, 2.05) is 13.8 Å². The Morgan fingerprint density at radius 3 is 2.15 bits per heavy atom. The maximum Gasteiger partial charge on any atom is 0.222 e. The molecular formula is C11H19NO. The molecule has 2 heteroatoms. The molecule has 2 nitrogen and oxygen atoms in total. The van der Waals surface area contributed by atoms with Gasteiger partial charge in [0.05, 0.1) is 0 Å². The van der Waals surface area contributed by atoms with Gasteiger partial charge >= 0.3 is 0 Å². The summed E-state index contributed by atoms with van der Waals surface area (Å²) in [4.78, 5) is 11.4. The quantitative estimate of drug-likeness (QED) is 0.693. The zero-order valence-corrected chi connectivity index (χ0v) is 8.55. The minimum atomic E-state index is 0.137. The van der Waals surface area contributed by atoms with Gasteiger partial charge in [0.1, 0.15) is 0 Å². The summed E-state index contributed by atoms with van der Waals surface area (Å²) in [6.45, 7) is 3.91. The molecule has 0 heterocycles. The molecule has 0 aromatic carbocycles. The van der Waals surface area contributed by atoms with Crippen molar-refractivity contribution in [1.82, 2.24) is 5.32 Å². The minimum absolute atomic E-state index is 0.137. The first-order valence-corrected chi connectivity index (χ1v) is 5.45. The van der Waals surface area contributed by atoms with Crippen LogP contribution in [0.2, 0.25) is 0 Å². The Morgan fingerprint density at radius 2 is 1.69 bits per heavy atom. The van der Waals surface area contributed by atoms with Crippen LogP contribution in [-0.4, -0.2) is 11.9 Å². The second-order valence-corrected chi connectivity index (χ2v) is 5.04. The molecule has 3 aliphatic carbocycles. The summed E-state index contributed by atoms with van der Waals surface area (Å²) >= 11 is 0. The van der Waals surface area contributed by atoms with Gasteiger partial charge in [0, 0.05) is 12.0 Å². The predicted molar refractivity (Wildman–Crippen MR) is 52.2 cm³/mol. The van der Waals surface area contributed by atoms with Crippen molar-refractivity contribution in [3.05, 3.63) is 0 Å². The van der Waals surface area contributed by atoms with E-state index in [4.69, 9.17) is 0 Å². The standard InChI is InChI=1S/C11H19NO/c1-7(2)11(13)12-10-5-8-3-9(4-8)6-10/h7-10H,3-6H2,1-2H3,(H,12,13). The maximum atomic E-state index is 11.4. The summed E-state index contributed by atoms with van der Waals surface area (Å²) in [5, 5.41) is 3.14. The van der Waals surface area contributed by atoms with Gasteiger partial charge in [-0.15, -0.1) is 0 Å². The van der Waals surface area contributed by atoms with E-state index in [-0.39, 0.29) is 11.8 Å². The molecular weight excluding hydrogens is 162 g/mol. The highest BCUT2D eigenvalue weighted by Crippen LogP contribution is 2.45. The normalized spacial score (nSPS) is 37.0. The van der Waals surface area contributed by atoms with Crippen molar-refractivity contribution < 1.29 is 4.79 Å². The number of rotatable bonds is 2. The average Bonchev–Trinajstić information content (AvgIpc) is 2.02. The Hall–Kier alpha value is -0.530. The van der Waals surface area contributed by atoms with Gasteiger partial charge in [-0.05, 0) is 37.5 Å². The Labute approximate surface area is 80.1 Å². The zero-order chi connectivity index (χ0) is 9.42. The summed E-state index contributed by atoms with van der Waals surface area (Å²) in [5.41, 5.74) is 0. The topological polar surface area (TPSA) is 29.1 Å². The summed E-state index contributed by atoms with van der Waals surface area (Å²) in [5.74, 6) is 2.22. The Balaban J connectivity index is 1.79. The molecule has 0 aliphatic heterocycles. The molecule has 3 fully saturated rings. The first-order chi connectivity index (χ1) is 6.15. The summed E-state index contributed by atoms with van der Waals surface area (Å²) in [6, 6.07) is 0.493. The van der Waals surface area contributed by atoms with E-state index in [2.05, 4.69) is 5.32 Å². The molecule has 1 N–H and O–H groups in total. The van der Waals surface area contributed by atoms with Crippen LogP contribution in [-0.2, 0) is 4.79 Å². The van der Waals surface area contributed by atoms with Crippen molar-refractivity contribution in [2.45, 2.75) is 45.6 Å². The van der Waals surface area contributed by atoms with Crippen LogP contribution >= 0.6 is 0 Å². The van der Waals surface area contributed by atoms with Gasteiger partial charge in [-0.3, -0.25) is 4.79 Å². The smallest absolute Gasteiger partial charge is 0.222 e.